The van der Waals surface area contributed by atoms with Crippen molar-refractivity contribution in [2.24, 2.45) is 0 Å². The summed E-state index contributed by atoms with van der Waals surface area (Å²) >= 11 is 1.86. The zero-order chi connectivity index (χ0) is 41.4. The van der Waals surface area contributed by atoms with Crippen molar-refractivity contribution >= 4 is 75.5 Å². The summed E-state index contributed by atoms with van der Waals surface area (Å²) < 4.78 is 14.7. The summed E-state index contributed by atoms with van der Waals surface area (Å²) in [5.74, 6) is 0. The Morgan fingerprint density at radius 1 is 0.270 bits per heavy atom. The van der Waals surface area contributed by atoms with E-state index in [1.807, 2.05) is 29.5 Å². The lowest BCUT2D eigenvalue weighted by Crippen LogP contribution is -1.84. The highest BCUT2D eigenvalue weighted by atomic mass is 32.1. The normalized spacial score (nSPS) is 11.8. The molecular weight excluding hydrogens is 787 g/mol. The molecule has 0 aliphatic heterocycles. The van der Waals surface area contributed by atoms with E-state index in [4.69, 9.17) is 8.83 Å². The van der Waals surface area contributed by atoms with Crippen molar-refractivity contribution in [1.29, 1.82) is 0 Å². The molecule has 3 nitrogen and oxygen atoms in total. The minimum absolute atomic E-state index is 0.669. The molecule has 9 aromatic carbocycles. The van der Waals surface area contributed by atoms with Gasteiger partial charge in [0.2, 0.25) is 5.71 Å². The zero-order valence-electron chi connectivity index (χ0n) is 33.9. The molecule has 0 bridgehead atoms. The monoisotopic (exact) mass is 821 g/mol. The molecular formula is C59H35NO2S. The molecule has 0 unspecified atom stereocenters. The van der Waals surface area contributed by atoms with Crippen molar-refractivity contribution in [2.45, 2.75) is 0 Å². The molecule has 0 radical (unpaired) electrons. The predicted octanol–water partition coefficient (Wildman–Crippen LogP) is 17.3. The van der Waals surface area contributed by atoms with Gasteiger partial charge in [-0.3, -0.25) is 0 Å². The first kappa shape index (κ1) is 35.7. The number of benzene rings is 9. The van der Waals surface area contributed by atoms with Gasteiger partial charge in [0.1, 0.15) is 16.7 Å². The Morgan fingerprint density at radius 2 is 0.651 bits per heavy atom. The van der Waals surface area contributed by atoms with Crippen molar-refractivity contribution in [3.63, 3.8) is 0 Å². The number of hydrogen-bond donors (Lipinski definition) is 0. The van der Waals surface area contributed by atoms with E-state index >= 15 is 0 Å². The van der Waals surface area contributed by atoms with E-state index in [9.17, 15) is 0 Å². The van der Waals surface area contributed by atoms with Crippen LogP contribution in [0.2, 0.25) is 0 Å². The molecule has 0 spiro atoms. The second kappa shape index (κ2) is 14.3. The van der Waals surface area contributed by atoms with Crippen LogP contribution in [0.1, 0.15) is 0 Å². The van der Waals surface area contributed by atoms with Crippen LogP contribution in [-0.2, 0) is 0 Å². The van der Waals surface area contributed by atoms with Crippen LogP contribution < -0.4 is 0 Å². The Bertz CT molecular complexity index is 3690. The van der Waals surface area contributed by atoms with Gasteiger partial charge in [-0.1, -0.05) is 115 Å². The molecule has 4 heterocycles. The van der Waals surface area contributed by atoms with E-state index in [1.165, 1.54) is 75.8 Å². The molecule has 0 saturated carbocycles. The Hall–Kier alpha value is -8.05. The summed E-state index contributed by atoms with van der Waals surface area (Å²) in [4.78, 5) is 4.42. The van der Waals surface area contributed by atoms with Crippen LogP contribution in [0.4, 0.5) is 0 Å². The van der Waals surface area contributed by atoms with Crippen molar-refractivity contribution < 1.29 is 8.83 Å². The number of fused-ring (bicyclic) bond motifs is 9. The van der Waals surface area contributed by atoms with Gasteiger partial charge in [-0.05, 0) is 158 Å². The minimum atomic E-state index is 0.669. The first-order chi connectivity index (χ1) is 31.1. The lowest BCUT2D eigenvalue weighted by molar-refractivity contribution is 0.654. The molecule has 13 rings (SSSR count). The third-order valence-corrected chi connectivity index (χ3v) is 13.7. The fourth-order valence-electron chi connectivity index (χ4n) is 9.35. The first-order valence-electron chi connectivity index (χ1n) is 21.2. The number of pyridine rings is 1. The molecule has 63 heavy (non-hydrogen) atoms. The molecule has 0 fully saturated rings. The number of para-hydroxylation sites is 1. The summed E-state index contributed by atoms with van der Waals surface area (Å²) in [6, 6.07) is 74.6. The molecule has 4 heteroatoms. The molecule has 0 saturated heterocycles. The van der Waals surface area contributed by atoms with E-state index in [0.29, 0.717) is 5.71 Å². The first-order valence-corrected chi connectivity index (χ1v) is 22.0. The van der Waals surface area contributed by atoms with Crippen LogP contribution in [-0.4, -0.2) is 4.98 Å². The van der Waals surface area contributed by atoms with E-state index < -0.39 is 0 Å². The second-order valence-corrected chi connectivity index (χ2v) is 17.4. The maximum absolute atomic E-state index is 6.11. The average Bonchev–Trinajstić information content (AvgIpc) is 4.04. The standard InChI is InChI=1S/C59H35NO2S/c1-2-18-54-48(16-1)50-32-44(19-23-55(50)61-54)40-12-3-8-36(28-40)38-10-5-14-42(30-38)46-21-25-57-52(34-46)53-35-47(22-26-58(53)63-57)43-15-6-11-39(31-43)37-9-4-13-41(29-37)45-20-24-56-51(33-45)49-17-7-27-60-59(49)62-56/h1-35H. The number of aromatic nitrogens is 1. The summed E-state index contributed by atoms with van der Waals surface area (Å²) in [7, 11) is 0. The Kier molecular flexibility index (Phi) is 8.08. The number of hydrogen-bond acceptors (Lipinski definition) is 4. The molecule has 294 valence electrons. The van der Waals surface area contributed by atoms with Gasteiger partial charge in [-0.25, -0.2) is 4.98 Å². The van der Waals surface area contributed by atoms with Gasteiger partial charge in [0, 0.05) is 47.9 Å². The van der Waals surface area contributed by atoms with Crippen molar-refractivity contribution in [3.05, 3.63) is 212 Å². The average molecular weight is 822 g/mol. The fourth-order valence-corrected chi connectivity index (χ4v) is 10.4. The molecule has 13 aromatic rings. The van der Waals surface area contributed by atoms with Crippen LogP contribution in [0.15, 0.2) is 221 Å². The lowest BCUT2D eigenvalue weighted by atomic mass is 9.94. The number of thiophene rings is 1. The SMILES string of the molecule is c1cc(-c2cccc(-c3ccc4sc5ccc(-c6cccc(-c7cccc(-c8ccc9oc%10ncccc%10c9c8)c7)c6)cc5c4c3)c2)cc(-c2ccc3oc4ccccc4c3c2)c1. The van der Waals surface area contributed by atoms with E-state index in [2.05, 4.69) is 193 Å². The van der Waals surface area contributed by atoms with E-state index in [0.717, 1.165) is 49.4 Å². The predicted molar refractivity (Wildman–Crippen MR) is 264 cm³/mol. The number of rotatable bonds is 6. The van der Waals surface area contributed by atoms with E-state index in [-0.39, 0.29) is 0 Å². The zero-order valence-corrected chi connectivity index (χ0v) is 34.7. The molecule has 0 aliphatic carbocycles. The van der Waals surface area contributed by atoms with E-state index in [1.54, 1.807) is 6.20 Å². The van der Waals surface area contributed by atoms with Crippen molar-refractivity contribution in [3.8, 4) is 66.8 Å². The largest absolute Gasteiger partial charge is 0.456 e. The van der Waals surface area contributed by atoms with Gasteiger partial charge in [0.15, 0.2) is 0 Å². The molecule has 0 N–H and O–H groups in total. The Morgan fingerprint density at radius 3 is 1.16 bits per heavy atom. The maximum Gasteiger partial charge on any atom is 0.227 e. The molecule has 4 aromatic heterocycles. The van der Waals surface area contributed by atoms with Crippen LogP contribution in [0.25, 0.3) is 131 Å². The number of nitrogens with zero attached hydrogens (tertiary/aromatic N) is 1. The Balaban J connectivity index is 0.813. The smallest absolute Gasteiger partial charge is 0.227 e. The van der Waals surface area contributed by atoms with Gasteiger partial charge < -0.3 is 8.83 Å². The molecule has 0 aliphatic rings. The third kappa shape index (κ3) is 6.14. The lowest BCUT2D eigenvalue weighted by Gasteiger charge is -2.10. The van der Waals surface area contributed by atoms with Gasteiger partial charge >= 0.3 is 0 Å². The van der Waals surface area contributed by atoms with Crippen molar-refractivity contribution in [1.82, 2.24) is 4.98 Å². The maximum atomic E-state index is 6.11. The molecule has 0 amide bonds. The van der Waals surface area contributed by atoms with Gasteiger partial charge in [0.05, 0.1) is 0 Å². The number of furan rings is 2. The van der Waals surface area contributed by atoms with Crippen LogP contribution in [0, 0.1) is 0 Å². The fraction of sp³-hybridized carbons (Fsp3) is 0. The quantitative estimate of drug-likeness (QED) is 0.168. The summed E-state index contributed by atoms with van der Waals surface area (Å²) in [6.45, 7) is 0. The van der Waals surface area contributed by atoms with Gasteiger partial charge in [0.25, 0.3) is 0 Å². The minimum Gasteiger partial charge on any atom is -0.456 e. The summed E-state index contributed by atoms with van der Waals surface area (Å²) in [6.07, 6.45) is 1.77. The highest BCUT2D eigenvalue weighted by Gasteiger charge is 2.14. The highest BCUT2D eigenvalue weighted by Crippen LogP contribution is 2.41. The summed E-state index contributed by atoms with van der Waals surface area (Å²) in [5.41, 5.74) is 17.6. The van der Waals surface area contributed by atoms with Gasteiger partial charge in [-0.15, -0.1) is 11.3 Å². The topological polar surface area (TPSA) is 39.2 Å². The summed E-state index contributed by atoms with van der Waals surface area (Å²) in [5, 5.41) is 6.96. The van der Waals surface area contributed by atoms with Crippen LogP contribution in [0.3, 0.4) is 0 Å². The Labute approximate surface area is 366 Å². The third-order valence-electron chi connectivity index (χ3n) is 12.5. The van der Waals surface area contributed by atoms with Gasteiger partial charge in [-0.2, -0.15) is 0 Å². The van der Waals surface area contributed by atoms with Crippen LogP contribution >= 0.6 is 11.3 Å². The highest BCUT2D eigenvalue weighted by molar-refractivity contribution is 7.25. The second-order valence-electron chi connectivity index (χ2n) is 16.3. The van der Waals surface area contributed by atoms with Crippen molar-refractivity contribution in [2.75, 3.05) is 0 Å². The van der Waals surface area contributed by atoms with Crippen LogP contribution in [0.5, 0.6) is 0 Å². The molecule has 0 atom stereocenters.